The lowest BCUT2D eigenvalue weighted by molar-refractivity contribution is 0.412. The minimum atomic E-state index is 0.625. The second kappa shape index (κ2) is 5.81. The second-order valence-corrected chi connectivity index (χ2v) is 4.08. The van der Waals surface area contributed by atoms with Crippen molar-refractivity contribution in [3.63, 3.8) is 0 Å². The maximum absolute atomic E-state index is 4.03. The van der Waals surface area contributed by atoms with Crippen molar-refractivity contribution in [3.8, 4) is 0 Å². The average Bonchev–Trinajstić information content (AvgIpc) is 2.66. The van der Waals surface area contributed by atoms with Crippen molar-refractivity contribution in [1.82, 2.24) is 14.9 Å². The van der Waals surface area contributed by atoms with Gasteiger partial charge in [-0.1, -0.05) is 13.8 Å². The molecule has 0 amide bonds. The van der Waals surface area contributed by atoms with Crippen LogP contribution >= 0.6 is 0 Å². The molecule has 3 nitrogen and oxygen atoms in total. The number of rotatable bonds is 6. The molecule has 0 aliphatic heterocycles. The zero-order valence-electron chi connectivity index (χ0n) is 9.40. The van der Waals surface area contributed by atoms with Crippen molar-refractivity contribution in [3.05, 3.63) is 18.7 Å². The number of hydrogen-bond donors (Lipinski definition) is 1. The molecule has 80 valence electrons. The summed E-state index contributed by atoms with van der Waals surface area (Å²) in [4.78, 5) is 4.03. The van der Waals surface area contributed by atoms with Gasteiger partial charge in [0, 0.05) is 25.0 Å². The largest absolute Gasteiger partial charge is 0.337 e. The van der Waals surface area contributed by atoms with Crippen LogP contribution < -0.4 is 5.32 Å². The monoisotopic (exact) mass is 195 g/mol. The Balaban J connectivity index is 2.19. The number of hydrogen-bond acceptors (Lipinski definition) is 2. The SMILES string of the molecule is CCC(C)NCC(C)Cn1ccnc1. The van der Waals surface area contributed by atoms with Gasteiger partial charge in [-0.15, -0.1) is 0 Å². The Bertz CT molecular complexity index is 231. The molecule has 1 aromatic rings. The van der Waals surface area contributed by atoms with Crippen molar-refractivity contribution in [2.24, 2.45) is 5.92 Å². The topological polar surface area (TPSA) is 29.9 Å². The lowest BCUT2D eigenvalue weighted by atomic mass is 10.1. The Morgan fingerprint density at radius 3 is 2.79 bits per heavy atom. The Morgan fingerprint density at radius 1 is 1.43 bits per heavy atom. The van der Waals surface area contributed by atoms with Crippen LogP contribution in [0.15, 0.2) is 18.7 Å². The fraction of sp³-hybridized carbons (Fsp3) is 0.727. The van der Waals surface area contributed by atoms with Gasteiger partial charge in [-0.3, -0.25) is 0 Å². The number of nitrogens with one attached hydrogen (secondary N) is 1. The minimum Gasteiger partial charge on any atom is -0.337 e. The first-order valence-corrected chi connectivity index (χ1v) is 5.41. The lowest BCUT2D eigenvalue weighted by Crippen LogP contribution is -2.31. The highest BCUT2D eigenvalue weighted by Crippen LogP contribution is 1.99. The fourth-order valence-corrected chi connectivity index (χ4v) is 1.37. The molecule has 1 N–H and O–H groups in total. The summed E-state index contributed by atoms with van der Waals surface area (Å²) in [5, 5.41) is 3.51. The standard InChI is InChI=1S/C11H21N3/c1-4-11(3)13-7-10(2)8-14-6-5-12-9-14/h5-6,9-11,13H,4,7-8H2,1-3H3. The third-order valence-electron chi connectivity index (χ3n) is 2.51. The van der Waals surface area contributed by atoms with Crippen molar-refractivity contribution in [2.75, 3.05) is 6.54 Å². The van der Waals surface area contributed by atoms with Gasteiger partial charge in [-0.25, -0.2) is 4.98 Å². The van der Waals surface area contributed by atoms with Crippen molar-refractivity contribution in [1.29, 1.82) is 0 Å². The molecule has 0 bridgehead atoms. The molecule has 1 aromatic heterocycles. The number of aromatic nitrogens is 2. The molecule has 1 rings (SSSR count). The van der Waals surface area contributed by atoms with E-state index in [0.29, 0.717) is 12.0 Å². The van der Waals surface area contributed by atoms with E-state index in [-0.39, 0.29) is 0 Å². The van der Waals surface area contributed by atoms with Crippen LogP contribution in [0, 0.1) is 5.92 Å². The van der Waals surface area contributed by atoms with Gasteiger partial charge in [-0.05, 0) is 25.8 Å². The molecule has 2 atom stereocenters. The third-order valence-corrected chi connectivity index (χ3v) is 2.51. The van der Waals surface area contributed by atoms with Crippen LogP contribution in [0.1, 0.15) is 27.2 Å². The van der Waals surface area contributed by atoms with Gasteiger partial charge in [0.2, 0.25) is 0 Å². The van der Waals surface area contributed by atoms with Gasteiger partial charge in [0.05, 0.1) is 6.33 Å². The van der Waals surface area contributed by atoms with Crippen LogP contribution in [0.25, 0.3) is 0 Å². The zero-order chi connectivity index (χ0) is 10.4. The van der Waals surface area contributed by atoms with E-state index in [4.69, 9.17) is 0 Å². The van der Waals surface area contributed by atoms with Crippen molar-refractivity contribution >= 4 is 0 Å². The first-order chi connectivity index (χ1) is 6.72. The van der Waals surface area contributed by atoms with Crippen LogP contribution in [0.3, 0.4) is 0 Å². The predicted molar refractivity (Wildman–Crippen MR) is 59.1 cm³/mol. The molecular formula is C11H21N3. The van der Waals surface area contributed by atoms with E-state index < -0.39 is 0 Å². The normalized spacial score (nSPS) is 15.4. The molecule has 0 aromatic carbocycles. The molecule has 0 spiro atoms. The highest BCUT2D eigenvalue weighted by molar-refractivity contribution is 4.75. The first kappa shape index (κ1) is 11.2. The third kappa shape index (κ3) is 3.92. The van der Waals surface area contributed by atoms with Crippen LogP contribution in [-0.2, 0) is 6.54 Å². The highest BCUT2D eigenvalue weighted by Gasteiger charge is 2.04. The molecule has 1 heterocycles. The van der Waals surface area contributed by atoms with Crippen LogP contribution in [0.5, 0.6) is 0 Å². The van der Waals surface area contributed by atoms with Gasteiger partial charge in [0.25, 0.3) is 0 Å². The summed E-state index contributed by atoms with van der Waals surface area (Å²) < 4.78 is 2.13. The molecule has 0 saturated heterocycles. The average molecular weight is 195 g/mol. The van der Waals surface area contributed by atoms with E-state index >= 15 is 0 Å². The maximum atomic E-state index is 4.03. The molecule has 14 heavy (non-hydrogen) atoms. The molecule has 0 radical (unpaired) electrons. The smallest absolute Gasteiger partial charge is 0.0946 e. The molecule has 0 saturated carbocycles. The summed E-state index contributed by atoms with van der Waals surface area (Å²) in [5.74, 6) is 0.651. The Labute approximate surface area is 86.5 Å². The quantitative estimate of drug-likeness (QED) is 0.751. The van der Waals surface area contributed by atoms with Gasteiger partial charge in [-0.2, -0.15) is 0 Å². The summed E-state index contributed by atoms with van der Waals surface area (Å²) in [7, 11) is 0. The van der Waals surface area contributed by atoms with Gasteiger partial charge < -0.3 is 9.88 Å². The summed E-state index contributed by atoms with van der Waals surface area (Å²) in [6.07, 6.45) is 6.91. The Kier molecular flexibility index (Phi) is 4.66. The summed E-state index contributed by atoms with van der Waals surface area (Å²) in [6.45, 7) is 8.81. The molecular weight excluding hydrogens is 174 g/mol. The molecule has 0 aliphatic rings. The van der Waals surface area contributed by atoms with E-state index in [9.17, 15) is 0 Å². The maximum Gasteiger partial charge on any atom is 0.0946 e. The Morgan fingerprint density at radius 2 is 2.21 bits per heavy atom. The van der Waals surface area contributed by atoms with Crippen LogP contribution in [-0.4, -0.2) is 22.1 Å². The van der Waals surface area contributed by atoms with E-state index in [1.54, 1.807) is 0 Å². The van der Waals surface area contributed by atoms with Gasteiger partial charge >= 0.3 is 0 Å². The second-order valence-electron chi connectivity index (χ2n) is 4.08. The van der Waals surface area contributed by atoms with E-state index in [1.165, 1.54) is 6.42 Å². The summed E-state index contributed by atoms with van der Waals surface area (Å²) in [5.41, 5.74) is 0. The highest BCUT2D eigenvalue weighted by atomic mass is 15.0. The van der Waals surface area contributed by atoms with Gasteiger partial charge in [0.1, 0.15) is 0 Å². The lowest BCUT2D eigenvalue weighted by Gasteiger charge is -2.16. The van der Waals surface area contributed by atoms with Gasteiger partial charge in [0.15, 0.2) is 0 Å². The van der Waals surface area contributed by atoms with E-state index in [2.05, 4.69) is 35.6 Å². The predicted octanol–water partition coefficient (Wildman–Crippen LogP) is 1.91. The first-order valence-electron chi connectivity index (χ1n) is 5.41. The van der Waals surface area contributed by atoms with Crippen molar-refractivity contribution < 1.29 is 0 Å². The summed E-state index contributed by atoms with van der Waals surface area (Å²) >= 11 is 0. The molecule has 0 aliphatic carbocycles. The van der Waals surface area contributed by atoms with E-state index in [0.717, 1.165) is 13.1 Å². The Hall–Kier alpha value is -0.830. The number of imidazole rings is 1. The minimum absolute atomic E-state index is 0.625. The van der Waals surface area contributed by atoms with Crippen LogP contribution in [0.4, 0.5) is 0 Å². The summed E-state index contributed by atoms with van der Waals surface area (Å²) in [6, 6.07) is 0.625. The fourth-order valence-electron chi connectivity index (χ4n) is 1.37. The van der Waals surface area contributed by atoms with Crippen molar-refractivity contribution in [2.45, 2.75) is 39.8 Å². The molecule has 0 fully saturated rings. The van der Waals surface area contributed by atoms with Crippen LogP contribution in [0.2, 0.25) is 0 Å². The molecule has 2 unspecified atom stereocenters. The van der Waals surface area contributed by atoms with E-state index in [1.807, 2.05) is 18.7 Å². The zero-order valence-corrected chi connectivity index (χ0v) is 9.40. The number of nitrogens with zero attached hydrogens (tertiary/aromatic N) is 2. The molecule has 3 heteroatoms.